The molecule has 128 valence electrons. The van der Waals surface area contributed by atoms with Gasteiger partial charge in [-0.05, 0) is 24.1 Å². The van der Waals surface area contributed by atoms with Crippen molar-refractivity contribution in [2.24, 2.45) is 0 Å². The first-order valence-electron chi connectivity index (χ1n) is 7.53. The van der Waals surface area contributed by atoms with Crippen LogP contribution in [0, 0.1) is 11.3 Å². The summed E-state index contributed by atoms with van der Waals surface area (Å²) in [5, 5.41) is 8.81. The van der Waals surface area contributed by atoms with Crippen LogP contribution in [-0.2, 0) is 11.3 Å². The van der Waals surface area contributed by atoms with Crippen molar-refractivity contribution in [2.75, 3.05) is 19.6 Å². The Labute approximate surface area is 138 Å². The van der Waals surface area contributed by atoms with E-state index in [9.17, 15) is 18.0 Å². The standard InChI is InChI=1S/C17H18F3N3O/c1-2-8-22(11-14-5-3-13(10-21)4-6-14)15-7-9-23(16(15)24)12-17(18,19)20/h2-6,15H,1,7-9,11-12H2. The molecule has 1 unspecified atom stereocenters. The Morgan fingerprint density at radius 3 is 2.58 bits per heavy atom. The van der Waals surface area contributed by atoms with Crippen LogP contribution in [-0.4, -0.2) is 47.6 Å². The SMILES string of the molecule is C=CCN(Cc1ccc(C#N)cc1)C1CCN(CC(F)(F)F)C1=O. The van der Waals surface area contributed by atoms with E-state index in [1.165, 1.54) is 0 Å². The lowest BCUT2D eigenvalue weighted by Crippen LogP contribution is -2.43. The molecule has 1 aliphatic rings. The maximum absolute atomic E-state index is 12.5. The predicted octanol–water partition coefficient (Wildman–Crippen LogP) is 2.71. The third kappa shape index (κ3) is 4.59. The topological polar surface area (TPSA) is 47.3 Å². The van der Waals surface area contributed by atoms with E-state index >= 15 is 0 Å². The van der Waals surface area contributed by atoms with Crippen molar-refractivity contribution in [1.29, 1.82) is 5.26 Å². The second-order valence-electron chi connectivity index (χ2n) is 5.71. The minimum Gasteiger partial charge on any atom is -0.332 e. The zero-order valence-electron chi connectivity index (χ0n) is 13.1. The number of nitrogens with zero attached hydrogens (tertiary/aromatic N) is 3. The molecule has 0 radical (unpaired) electrons. The number of likely N-dealkylation sites (tertiary alicyclic amines) is 1. The minimum absolute atomic E-state index is 0.101. The number of halogens is 3. The molecule has 0 aromatic heterocycles. The summed E-state index contributed by atoms with van der Waals surface area (Å²) < 4.78 is 37.6. The van der Waals surface area contributed by atoms with Gasteiger partial charge in [0.05, 0.1) is 17.7 Å². The summed E-state index contributed by atoms with van der Waals surface area (Å²) in [6.07, 6.45) is -2.40. The Morgan fingerprint density at radius 1 is 1.38 bits per heavy atom. The molecule has 0 bridgehead atoms. The summed E-state index contributed by atoms with van der Waals surface area (Å²) in [5.74, 6) is -0.497. The van der Waals surface area contributed by atoms with Gasteiger partial charge in [0.1, 0.15) is 6.54 Å². The van der Waals surface area contributed by atoms with Crippen LogP contribution in [0.5, 0.6) is 0 Å². The van der Waals surface area contributed by atoms with Crippen LogP contribution in [0.3, 0.4) is 0 Å². The van der Waals surface area contributed by atoms with Crippen LogP contribution in [0.1, 0.15) is 17.5 Å². The summed E-state index contributed by atoms with van der Waals surface area (Å²) in [5.41, 5.74) is 1.42. The summed E-state index contributed by atoms with van der Waals surface area (Å²) in [6, 6.07) is 8.35. The van der Waals surface area contributed by atoms with Gasteiger partial charge in [-0.25, -0.2) is 0 Å². The molecule has 2 rings (SSSR count). The lowest BCUT2D eigenvalue weighted by Gasteiger charge is -2.27. The molecular weight excluding hydrogens is 319 g/mol. The van der Waals surface area contributed by atoms with Crippen molar-refractivity contribution < 1.29 is 18.0 Å². The first-order valence-corrected chi connectivity index (χ1v) is 7.53. The Hall–Kier alpha value is -2.33. The van der Waals surface area contributed by atoms with E-state index in [1.54, 1.807) is 30.3 Å². The molecule has 1 amide bonds. The van der Waals surface area contributed by atoms with Gasteiger partial charge >= 0.3 is 6.18 Å². The van der Waals surface area contributed by atoms with Crippen LogP contribution in [0.4, 0.5) is 13.2 Å². The number of nitriles is 1. The van der Waals surface area contributed by atoms with Crippen LogP contribution in [0.2, 0.25) is 0 Å². The number of benzene rings is 1. The molecule has 24 heavy (non-hydrogen) atoms. The van der Waals surface area contributed by atoms with Crippen molar-refractivity contribution in [3.8, 4) is 6.07 Å². The van der Waals surface area contributed by atoms with Gasteiger partial charge < -0.3 is 4.90 Å². The highest BCUT2D eigenvalue weighted by Crippen LogP contribution is 2.24. The van der Waals surface area contributed by atoms with Gasteiger partial charge in [-0.3, -0.25) is 9.69 Å². The van der Waals surface area contributed by atoms with Crippen molar-refractivity contribution in [1.82, 2.24) is 9.80 Å². The van der Waals surface area contributed by atoms with E-state index in [0.717, 1.165) is 10.5 Å². The molecule has 1 atom stereocenters. The van der Waals surface area contributed by atoms with Gasteiger partial charge in [0, 0.05) is 19.6 Å². The molecule has 1 aromatic carbocycles. The Bertz CT molecular complexity index is 634. The van der Waals surface area contributed by atoms with Crippen molar-refractivity contribution in [3.05, 3.63) is 48.0 Å². The van der Waals surface area contributed by atoms with Gasteiger partial charge in [0.2, 0.25) is 5.91 Å². The minimum atomic E-state index is -4.39. The highest BCUT2D eigenvalue weighted by molar-refractivity contribution is 5.84. The Kier molecular flexibility index (Phi) is 5.62. The quantitative estimate of drug-likeness (QED) is 0.750. The van der Waals surface area contributed by atoms with Crippen LogP contribution >= 0.6 is 0 Å². The van der Waals surface area contributed by atoms with Crippen molar-refractivity contribution in [3.63, 3.8) is 0 Å². The maximum Gasteiger partial charge on any atom is 0.406 e. The monoisotopic (exact) mass is 337 g/mol. The number of carbonyl (C=O) groups excluding carboxylic acids is 1. The molecule has 4 nitrogen and oxygen atoms in total. The largest absolute Gasteiger partial charge is 0.406 e. The summed E-state index contributed by atoms with van der Waals surface area (Å²) in [4.78, 5) is 15.0. The molecule has 0 spiro atoms. The lowest BCUT2D eigenvalue weighted by atomic mass is 10.1. The van der Waals surface area contributed by atoms with Gasteiger partial charge in [0.25, 0.3) is 0 Å². The van der Waals surface area contributed by atoms with E-state index in [0.29, 0.717) is 25.1 Å². The summed E-state index contributed by atoms with van der Waals surface area (Å²) >= 11 is 0. The second kappa shape index (κ2) is 7.49. The molecule has 7 heteroatoms. The van der Waals surface area contributed by atoms with Gasteiger partial charge in [0.15, 0.2) is 0 Å². The van der Waals surface area contributed by atoms with E-state index < -0.39 is 24.7 Å². The molecule has 1 aliphatic heterocycles. The molecule has 1 fully saturated rings. The van der Waals surface area contributed by atoms with E-state index in [4.69, 9.17) is 5.26 Å². The number of rotatable bonds is 6. The molecule has 1 saturated heterocycles. The third-order valence-corrected chi connectivity index (χ3v) is 3.91. The molecular formula is C17H18F3N3O. The number of hydrogen-bond donors (Lipinski definition) is 0. The maximum atomic E-state index is 12.5. The average molecular weight is 337 g/mol. The molecule has 0 N–H and O–H groups in total. The van der Waals surface area contributed by atoms with Gasteiger partial charge in [-0.1, -0.05) is 18.2 Å². The fourth-order valence-electron chi connectivity index (χ4n) is 2.82. The normalized spacial score (nSPS) is 18.0. The molecule has 0 saturated carbocycles. The van der Waals surface area contributed by atoms with Crippen LogP contribution in [0.15, 0.2) is 36.9 Å². The predicted molar refractivity (Wildman–Crippen MR) is 82.8 cm³/mol. The summed E-state index contributed by atoms with van der Waals surface area (Å²) in [6.45, 7) is 3.36. The molecule has 1 heterocycles. The van der Waals surface area contributed by atoms with Gasteiger partial charge in [-0.15, -0.1) is 6.58 Å². The highest BCUT2D eigenvalue weighted by atomic mass is 19.4. The Morgan fingerprint density at radius 2 is 2.04 bits per heavy atom. The third-order valence-electron chi connectivity index (χ3n) is 3.91. The second-order valence-corrected chi connectivity index (χ2v) is 5.71. The molecule has 1 aromatic rings. The van der Waals surface area contributed by atoms with Crippen LogP contribution in [0.25, 0.3) is 0 Å². The first kappa shape index (κ1) is 18.0. The smallest absolute Gasteiger partial charge is 0.332 e. The van der Waals surface area contributed by atoms with Crippen molar-refractivity contribution >= 4 is 5.91 Å². The fraction of sp³-hybridized carbons (Fsp3) is 0.412. The number of hydrogen-bond acceptors (Lipinski definition) is 3. The Balaban J connectivity index is 2.08. The number of amides is 1. The van der Waals surface area contributed by atoms with E-state index in [2.05, 4.69) is 6.58 Å². The molecule has 0 aliphatic carbocycles. The zero-order chi connectivity index (χ0) is 17.7. The number of alkyl halides is 3. The van der Waals surface area contributed by atoms with E-state index in [-0.39, 0.29) is 6.54 Å². The van der Waals surface area contributed by atoms with Crippen LogP contribution < -0.4 is 0 Å². The van der Waals surface area contributed by atoms with Crippen molar-refractivity contribution in [2.45, 2.75) is 25.2 Å². The summed E-state index contributed by atoms with van der Waals surface area (Å²) in [7, 11) is 0. The van der Waals surface area contributed by atoms with E-state index in [1.807, 2.05) is 11.0 Å². The first-order chi connectivity index (χ1) is 11.3. The number of carbonyl (C=O) groups is 1. The highest BCUT2D eigenvalue weighted by Gasteiger charge is 2.41. The fourth-order valence-corrected chi connectivity index (χ4v) is 2.82. The average Bonchev–Trinajstić information content (AvgIpc) is 2.87. The zero-order valence-corrected chi connectivity index (χ0v) is 13.1. The van der Waals surface area contributed by atoms with Gasteiger partial charge in [-0.2, -0.15) is 18.4 Å². The lowest BCUT2D eigenvalue weighted by molar-refractivity contribution is -0.159.